The maximum atomic E-state index is 12.3. The van der Waals surface area contributed by atoms with Crippen LogP contribution in [0.4, 0.5) is 5.82 Å². The van der Waals surface area contributed by atoms with Crippen molar-refractivity contribution in [2.45, 2.75) is 13.5 Å². The van der Waals surface area contributed by atoms with Crippen LogP contribution >= 0.6 is 22.9 Å². The molecule has 4 nitrogen and oxygen atoms in total. The lowest BCUT2D eigenvalue weighted by Crippen LogP contribution is -2.15. The molecule has 0 spiro atoms. The Balaban J connectivity index is 1.76. The van der Waals surface area contributed by atoms with Gasteiger partial charge in [-0.1, -0.05) is 23.7 Å². The summed E-state index contributed by atoms with van der Waals surface area (Å²) in [4.78, 5) is 13.0. The first kappa shape index (κ1) is 14.8. The minimum atomic E-state index is -0.106. The Morgan fingerprint density at radius 3 is 2.73 bits per heavy atom. The molecule has 1 N–H and O–H groups in total. The van der Waals surface area contributed by atoms with Crippen molar-refractivity contribution >= 4 is 34.7 Å². The van der Waals surface area contributed by atoms with Crippen molar-refractivity contribution in [3.05, 3.63) is 69.0 Å². The second-order valence-corrected chi connectivity index (χ2v) is 6.24. The zero-order chi connectivity index (χ0) is 15.5. The summed E-state index contributed by atoms with van der Waals surface area (Å²) >= 11 is 7.32. The Kier molecular flexibility index (Phi) is 4.27. The predicted octanol–water partition coefficient (Wildman–Crippen LogP) is 4.21. The molecule has 0 aliphatic heterocycles. The van der Waals surface area contributed by atoms with E-state index in [-0.39, 0.29) is 5.91 Å². The first-order valence-electron chi connectivity index (χ1n) is 6.75. The summed E-state index contributed by atoms with van der Waals surface area (Å²) in [6, 6.07) is 11.3. The van der Waals surface area contributed by atoms with Gasteiger partial charge in [-0.05, 0) is 41.6 Å². The highest BCUT2D eigenvalue weighted by atomic mass is 35.5. The third kappa shape index (κ3) is 3.21. The van der Waals surface area contributed by atoms with Gasteiger partial charge in [0.25, 0.3) is 5.91 Å². The molecule has 0 saturated carbocycles. The summed E-state index contributed by atoms with van der Waals surface area (Å²) in [5.74, 6) is 0.568. The van der Waals surface area contributed by atoms with Gasteiger partial charge in [0.15, 0.2) is 0 Å². The molecule has 0 aliphatic rings. The second-order valence-electron chi connectivity index (χ2n) is 4.89. The maximum Gasteiger partial charge on any atom is 0.267 e. The number of aromatic nitrogens is 2. The van der Waals surface area contributed by atoms with E-state index < -0.39 is 0 Å². The summed E-state index contributed by atoms with van der Waals surface area (Å²) in [7, 11) is 0. The molecule has 2 heterocycles. The van der Waals surface area contributed by atoms with E-state index in [9.17, 15) is 4.79 Å². The highest BCUT2D eigenvalue weighted by Crippen LogP contribution is 2.18. The number of hydrogen-bond donors (Lipinski definition) is 1. The number of nitrogens with zero attached hydrogens (tertiary/aromatic N) is 2. The maximum absolute atomic E-state index is 12.3. The Labute approximate surface area is 137 Å². The van der Waals surface area contributed by atoms with Gasteiger partial charge in [-0.15, -0.1) is 11.3 Å². The number of carbonyl (C=O) groups is 1. The van der Waals surface area contributed by atoms with Gasteiger partial charge in [-0.25, -0.2) is 4.68 Å². The normalized spacial score (nSPS) is 10.6. The van der Waals surface area contributed by atoms with Crippen LogP contribution in [0.2, 0.25) is 5.02 Å². The van der Waals surface area contributed by atoms with E-state index in [1.165, 1.54) is 11.3 Å². The number of benzene rings is 1. The number of rotatable bonds is 4. The van der Waals surface area contributed by atoms with Crippen LogP contribution in [-0.2, 0) is 6.54 Å². The number of thiophene rings is 1. The molecule has 6 heteroatoms. The summed E-state index contributed by atoms with van der Waals surface area (Å²) in [5, 5.41) is 9.79. The van der Waals surface area contributed by atoms with Gasteiger partial charge in [0, 0.05) is 11.1 Å². The van der Waals surface area contributed by atoms with Crippen molar-refractivity contribution in [2.24, 2.45) is 0 Å². The van der Waals surface area contributed by atoms with E-state index >= 15 is 0 Å². The molecule has 1 aromatic carbocycles. The lowest BCUT2D eigenvalue weighted by molar-refractivity contribution is 0.102. The Bertz CT molecular complexity index is 792. The van der Waals surface area contributed by atoms with Gasteiger partial charge in [-0.3, -0.25) is 4.79 Å². The van der Waals surface area contributed by atoms with Crippen molar-refractivity contribution in [3.8, 4) is 0 Å². The summed E-state index contributed by atoms with van der Waals surface area (Å²) in [5.41, 5.74) is 2.04. The fourth-order valence-electron chi connectivity index (χ4n) is 2.11. The van der Waals surface area contributed by atoms with E-state index in [2.05, 4.69) is 10.4 Å². The van der Waals surface area contributed by atoms with Crippen LogP contribution in [-0.4, -0.2) is 15.7 Å². The zero-order valence-electron chi connectivity index (χ0n) is 11.9. The van der Waals surface area contributed by atoms with Crippen LogP contribution in [0.25, 0.3) is 0 Å². The largest absolute Gasteiger partial charge is 0.306 e. The smallest absolute Gasteiger partial charge is 0.267 e. The standard InChI is InChI=1S/C16H14ClN3OS/c1-11-7-9-22-15(11)16(21)19-14-6-8-18-20(14)10-12-2-4-13(17)5-3-12/h2-9H,10H2,1H3,(H,19,21). The molecule has 3 rings (SSSR count). The minimum absolute atomic E-state index is 0.106. The first-order chi connectivity index (χ1) is 10.6. The monoisotopic (exact) mass is 331 g/mol. The van der Waals surface area contributed by atoms with E-state index in [1.54, 1.807) is 16.9 Å². The van der Waals surface area contributed by atoms with Crippen molar-refractivity contribution < 1.29 is 4.79 Å². The van der Waals surface area contributed by atoms with Gasteiger partial charge in [0.2, 0.25) is 0 Å². The van der Waals surface area contributed by atoms with Crippen molar-refractivity contribution in [3.63, 3.8) is 0 Å². The number of nitrogens with one attached hydrogen (secondary N) is 1. The average molecular weight is 332 g/mol. The lowest BCUT2D eigenvalue weighted by Gasteiger charge is -2.09. The molecular formula is C16H14ClN3OS. The fourth-order valence-corrected chi connectivity index (χ4v) is 3.05. The summed E-state index contributed by atoms with van der Waals surface area (Å²) < 4.78 is 1.75. The molecule has 0 fully saturated rings. The van der Waals surface area contributed by atoms with E-state index in [0.717, 1.165) is 16.0 Å². The number of aryl methyl sites for hydroxylation is 1. The Hall–Kier alpha value is -2.11. The average Bonchev–Trinajstić information content (AvgIpc) is 3.11. The topological polar surface area (TPSA) is 46.9 Å². The highest BCUT2D eigenvalue weighted by molar-refractivity contribution is 7.12. The third-order valence-electron chi connectivity index (χ3n) is 3.27. The molecular weight excluding hydrogens is 318 g/mol. The van der Waals surface area contributed by atoms with Gasteiger partial charge in [0.05, 0.1) is 17.6 Å². The summed E-state index contributed by atoms with van der Waals surface area (Å²) in [6.07, 6.45) is 1.67. The number of hydrogen-bond acceptors (Lipinski definition) is 3. The van der Waals surface area contributed by atoms with E-state index in [1.807, 2.05) is 42.6 Å². The fraction of sp³-hybridized carbons (Fsp3) is 0.125. The highest BCUT2D eigenvalue weighted by Gasteiger charge is 2.13. The third-order valence-corrected chi connectivity index (χ3v) is 4.54. The SMILES string of the molecule is Cc1ccsc1C(=O)Nc1ccnn1Cc1ccc(Cl)cc1. The predicted molar refractivity (Wildman–Crippen MR) is 89.8 cm³/mol. The molecule has 0 atom stereocenters. The lowest BCUT2D eigenvalue weighted by atomic mass is 10.2. The molecule has 2 aromatic heterocycles. The van der Waals surface area contributed by atoms with Crippen LogP contribution in [0.1, 0.15) is 20.8 Å². The van der Waals surface area contributed by atoms with Crippen LogP contribution in [0.5, 0.6) is 0 Å². The first-order valence-corrected chi connectivity index (χ1v) is 8.01. The second kappa shape index (κ2) is 6.34. The number of halogens is 1. The quantitative estimate of drug-likeness (QED) is 0.778. The van der Waals surface area contributed by atoms with E-state index in [4.69, 9.17) is 11.6 Å². The van der Waals surface area contributed by atoms with E-state index in [0.29, 0.717) is 17.4 Å². The van der Waals surface area contributed by atoms with Crippen molar-refractivity contribution in [1.82, 2.24) is 9.78 Å². The molecule has 0 aliphatic carbocycles. The van der Waals surface area contributed by atoms with Gasteiger partial charge in [-0.2, -0.15) is 5.10 Å². The summed E-state index contributed by atoms with van der Waals surface area (Å²) in [6.45, 7) is 2.50. The minimum Gasteiger partial charge on any atom is -0.306 e. The number of anilines is 1. The molecule has 0 unspecified atom stereocenters. The number of amides is 1. The van der Waals surface area contributed by atoms with Crippen LogP contribution < -0.4 is 5.32 Å². The van der Waals surface area contributed by atoms with Crippen molar-refractivity contribution in [1.29, 1.82) is 0 Å². The van der Waals surface area contributed by atoms with Crippen LogP contribution in [0, 0.1) is 6.92 Å². The van der Waals surface area contributed by atoms with Gasteiger partial charge >= 0.3 is 0 Å². The molecule has 3 aromatic rings. The molecule has 0 saturated heterocycles. The zero-order valence-corrected chi connectivity index (χ0v) is 13.5. The molecule has 1 amide bonds. The molecule has 0 bridgehead atoms. The molecule has 112 valence electrons. The van der Waals surface area contributed by atoms with Crippen LogP contribution in [0.15, 0.2) is 48.0 Å². The van der Waals surface area contributed by atoms with Crippen LogP contribution in [0.3, 0.4) is 0 Å². The van der Waals surface area contributed by atoms with Gasteiger partial charge in [0.1, 0.15) is 5.82 Å². The molecule has 0 radical (unpaired) electrons. The van der Waals surface area contributed by atoms with Crippen molar-refractivity contribution in [2.75, 3.05) is 5.32 Å². The van der Waals surface area contributed by atoms with Gasteiger partial charge < -0.3 is 5.32 Å². The Morgan fingerprint density at radius 1 is 1.27 bits per heavy atom. The number of carbonyl (C=O) groups excluding carboxylic acids is 1. The Morgan fingerprint density at radius 2 is 2.05 bits per heavy atom. The molecule has 22 heavy (non-hydrogen) atoms.